The average molecular weight is 318 g/mol. The monoisotopic (exact) mass is 318 g/mol. The van der Waals surface area contributed by atoms with Crippen LogP contribution in [-0.4, -0.2) is 36.9 Å². The fourth-order valence-electron chi connectivity index (χ4n) is 2.24. The quantitative estimate of drug-likeness (QED) is 0.860. The van der Waals surface area contributed by atoms with Crippen LogP contribution >= 0.6 is 11.3 Å². The van der Waals surface area contributed by atoms with E-state index >= 15 is 0 Å². The Balaban J connectivity index is 1.96. The molecule has 0 aromatic carbocycles. The van der Waals surface area contributed by atoms with Crippen LogP contribution in [0.4, 0.5) is 0 Å². The summed E-state index contributed by atoms with van der Waals surface area (Å²) in [4.78, 5) is 11.8. The van der Waals surface area contributed by atoms with Crippen molar-refractivity contribution in [3.63, 3.8) is 0 Å². The highest BCUT2D eigenvalue weighted by atomic mass is 32.2. The molecule has 1 aliphatic heterocycles. The number of aliphatic carboxylic acids is 1. The number of carboxylic acids is 1. The van der Waals surface area contributed by atoms with E-state index in [0.29, 0.717) is 12.8 Å². The van der Waals surface area contributed by atoms with E-state index in [0.717, 1.165) is 4.88 Å². The molecule has 20 heavy (non-hydrogen) atoms. The molecule has 0 radical (unpaired) electrons. The molecule has 1 aromatic heterocycles. The first kappa shape index (κ1) is 15.4. The van der Waals surface area contributed by atoms with Crippen LogP contribution in [0.2, 0.25) is 0 Å². The van der Waals surface area contributed by atoms with Gasteiger partial charge in [0.1, 0.15) is 0 Å². The highest BCUT2D eigenvalue weighted by Crippen LogP contribution is 2.22. The summed E-state index contributed by atoms with van der Waals surface area (Å²) in [6, 6.07) is 3.48. The number of carboxylic acid groups (broad SMARTS) is 1. The van der Waals surface area contributed by atoms with Crippen molar-refractivity contribution in [1.82, 2.24) is 9.03 Å². The summed E-state index contributed by atoms with van der Waals surface area (Å²) >= 11 is 1.50. The first-order chi connectivity index (χ1) is 9.40. The van der Waals surface area contributed by atoms with Crippen molar-refractivity contribution in [2.75, 3.05) is 13.1 Å². The molecule has 2 rings (SSSR count). The smallest absolute Gasteiger partial charge is 0.306 e. The molecule has 8 heteroatoms. The molecule has 0 spiro atoms. The van der Waals surface area contributed by atoms with Crippen molar-refractivity contribution in [1.29, 1.82) is 0 Å². The van der Waals surface area contributed by atoms with Crippen LogP contribution in [0.5, 0.6) is 0 Å². The van der Waals surface area contributed by atoms with Gasteiger partial charge >= 0.3 is 5.97 Å². The number of carbonyl (C=O) groups is 1. The molecule has 2 N–H and O–H groups in total. The van der Waals surface area contributed by atoms with Crippen LogP contribution in [-0.2, 0) is 15.0 Å². The zero-order valence-corrected chi connectivity index (χ0v) is 12.8. The molecular weight excluding hydrogens is 300 g/mol. The minimum atomic E-state index is -3.56. The lowest BCUT2D eigenvalue weighted by molar-refractivity contribution is -0.142. The molecule has 0 amide bonds. The minimum absolute atomic E-state index is 0.253. The maximum absolute atomic E-state index is 12.2. The number of thiophene rings is 1. The number of nitrogens with one attached hydrogen (secondary N) is 1. The van der Waals surface area contributed by atoms with E-state index in [4.69, 9.17) is 5.11 Å². The van der Waals surface area contributed by atoms with Gasteiger partial charge in [-0.1, -0.05) is 6.07 Å². The molecule has 1 aliphatic rings. The molecule has 1 saturated heterocycles. The van der Waals surface area contributed by atoms with E-state index in [1.807, 2.05) is 17.5 Å². The molecule has 1 atom stereocenters. The van der Waals surface area contributed by atoms with Gasteiger partial charge in [-0.2, -0.15) is 17.4 Å². The molecule has 1 aromatic rings. The Labute approximate surface area is 122 Å². The molecule has 1 fully saturated rings. The SMILES string of the molecule is C[C@H](NS(=O)(=O)N1CCC(C(=O)O)CC1)c1cccs1. The second-order valence-electron chi connectivity index (χ2n) is 4.87. The van der Waals surface area contributed by atoms with Crippen LogP contribution in [0.15, 0.2) is 17.5 Å². The van der Waals surface area contributed by atoms with Gasteiger partial charge in [0, 0.05) is 18.0 Å². The summed E-state index contributed by atoms with van der Waals surface area (Å²) in [5.74, 6) is -1.28. The molecule has 2 heterocycles. The third-order valence-corrected chi connectivity index (χ3v) is 6.19. The first-order valence-electron chi connectivity index (χ1n) is 6.44. The Morgan fingerprint density at radius 1 is 1.50 bits per heavy atom. The van der Waals surface area contributed by atoms with Crippen molar-refractivity contribution in [3.05, 3.63) is 22.4 Å². The maximum atomic E-state index is 12.2. The highest BCUT2D eigenvalue weighted by molar-refractivity contribution is 7.87. The van der Waals surface area contributed by atoms with E-state index < -0.39 is 22.1 Å². The Morgan fingerprint density at radius 3 is 2.65 bits per heavy atom. The Morgan fingerprint density at radius 2 is 2.15 bits per heavy atom. The van der Waals surface area contributed by atoms with Crippen LogP contribution in [0.25, 0.3) is 0 Å². The summed E-state index contributed by atoms with van der Waals surface area (Å²) in [6.07, 6.45) is 0.729. The Kier molecular flexibility index (Phi) is 4.79. The topological polar surface area (TPSA) is 86.7 Å². The molecule has 0 unspecified atom stereocenters. The minimum Gasteiger partial charge on any atom is -0.481 e. The molecule has 0 saturated carbocycles. The first-order valence-corrected chi connectivity index (χ1v) is 8.75. The third kappa shape index (κ3) is 3.57. The lowest BCUT2D eigenvalue weighted by Crippen LogP contribution is -2.46. The number of hydrogen-bond donors (Lipinski definition) is 2. The number of rotatable bonds is 5. The molecule has 112 valence electrons. The predicted molar refractivity (Wildman–Crippen MR) is 76.7 cm³/mol. The van der Waals surface area contributed by atoms with Crippen molar-refractivity contribution in [2.45, 2.75) is 25.8 Å². The van der Waals surface area contributed by atoms with Gasteiger partial charge in [0.2, 0.25) is 0 Å². The van der Waals surface area contributed by atoms with Crippen LogP contribution in [0.3, 0.4) is 0 Å². The summed E-state index contributed by atoms with van der Waals surface area (Å²) < 4.78 is 28.4. The fraction of sp³-hybridized carbons (Fsp3) is 0.583. The van der Waals surface area contributed by atoms with Gasteiger partial charge in [0.05, 0.1) is 12.0 Å². The zero-order chi connectivity index (χ0) is 14.8. The normalized spacial score (nSPS) is 19.9. The van der Waals surface area contributed by atoms with E-state index in [2.05, 4.69) is 4.72 Å². The lowest BCUT2D eigenvalue weighted by atomic mass is 9.99. The largest absolute Gasteiger partial charge is 0.481 e. The summed E-state index contributed by atoms with van der Waals surface area (Å²) in [6.45, 7) is 2.31. The second kappa shape index (κ2) is 6.21. The van der Waals surface area contributed by atoms with Gasteiger partial charge in [-0.15, -0.1) is 11.3 Å². The van der Waals surface area contributed by atoms with Gasteiger partial charge in [0.15, 0.2) is 0 Å². The standard InChI is InChI=1S/C12H18N2O4S2/c1-9(11-3-2-8-19-11)13-20(17,18)14-6-4-10(5-7-14)12(15)16/h2-3,8-10,13H,4-7H2,1H3,(H,15,16)/t9-/m0/s1. The summed E-state index contributed by atoms with van der Waals surface area (Å²) in [5, 5.41) is 10.8. The third-order valence-electron chi connectivity index (χ3n) is 3.44. The van der Waals surface area contributed by atoms with E-state index in [-0.39, 0.29) is 19.1 Å². The molecule has 0 bridgehead atoms. The van der Waals surface area contributed by atoms with Crippen LogP contribution in [0, 0.1) is 5.92 Å². The van der Waals surface area contributed by atoms with E-state index in [1.165, 1.54) is 15.6 Å². The fourth-order valence-corrected chi connectivity index (χ4v) is 4.46. The van der Waals surface area contributed by atoms with Crippen LogP contribution < -0.4 is 4.72 Å². The highest BCUT2D eigenvalue weighted by Gasteiger charge is 2.31. The van der Waals surface area contributed by atoms with Crippen molar-refractivity contribution in [2.24, 2.45) is 5.92 Å². The lowest BCUT2D eigenvalue weighted by Gasteiger charge is -2.30. The average Bonchev–Trinajstić information content (AvgIpc) is 2.92. The van der Waals surface area contributed by atoms with Crippen molar-refractivity contribution in [3.8, 4) is 0 Å². The molecule has 6 nitrogen and oxygen atoms in total. The van der Waals surface area contributed by atoms with Crippen molar-refractivity contribution >= 4 is 27.5 Å². The molecular formula is C12H18N2O4S2. The second-order valence-corrected chi connectivity index (χ2v) is 7.55. The van der Waals surface area contributed by atoms with Gasteiger partial charge in [-0.05, 0) is 31.2 Å². The number of piperidine rings is 1. The number of nitrogens with zero attached hydrogens (tertiary/aromatic N) is 1. The Hall–Kier alpha value is -0.960. The number of hydrogen-bond acceptors (Lipinski definition) is 4. The van der Waals surface area contributed by atoms with Gasteiger partial charge < -0.3 is 5.11 Å². The van der Waals surface area contributed by atoms with Gasteiger partial charge in [0.25, 0.3) is 10.2 Å². The van der Waals surface area contributed by atoms with E-state index in [9.17, 15) is 13.2 Å². The van der Waals surface area contributed by atoms with Crippen LogP contribution in [0.1, 0.15) is 30.7 Å². The van der Waals surface area contributed by atoms with Gasteiger partial charge in [-0.25, -0.2) is 0 Å². The predicted octanol–water partition coefficient (Wildman–Crippen LogP) is 1.44. The van der Waals surface area contributed by atoms with E-state index in [1.54, 1.807) is 6.92 Å². The van der Waals surface area contributed by atoms with Gasteiger partial charge in [-0.3, -0.25) is 4.79 Å². The maximum Gasteiger partial charge on any atom is 0.306 e. The Bertz CT molecular complexity index is 548. The zero-order valence-electron chi connectivity index (χ0n) is 11.2. The molecule has 0 aliphatic carbocycles. The summed E-state index contributed by atoms with van der Waals surface area (Å²) in [5.41, 5.74) is 0. The summed E-state index contributed by atoms with van der Waals surface area (Å²) in [7, 11) is -3.56. The van der Waals surface area contributed by atoms with Crippen molar-refractivity contribution < 1.29 is 18.3 Å².